The Morgan fingerprint density at radius 2 is 0.870 bits per heavy atom. The highest BCUT2D eigenvalue weighted by Gasteiger charge is 2.18. The maximum atomic E-state index is 6.58. The summed E-state index contributed by atoms with van der Waals surface area (Å²) < 4.78 is 7.77. The molecule has 0 atom stereocenters. The van der Waals surface area contributed by atoms with Gasteiger partial charge in [0.05, 0.1) is 10.2 Å². The van der Waals surface area contributed by atoms with E-state index in [1.54, 1.807) is 11.3 Å². The van der Waals surface area contributed by atoms with Crippen LogP contribution in [-0.2, 0) is 0 Å². The van der Waals surface area contributed by atoms with Gasteiger partial charge in [0.1, 0.15) is 16.2 Å². The lowest BCUT2D eigenvalue weighted by molar-refractivity contribution is 0.669. The van der Waals surface area contributed by atoms with E-state index in [1.807, 2.05) is 12.1 Å². The Hall–Kier alpha value is -6.95. The lowest BCUT2D eigenvalue weighted by Crippen LogP contribution is -2.09. The molecule has 0 radical (unpaired) electrons. The number of aromatic nitrogens is 1. The van der Waals surface area contributed by atoms with E-state index in [0.29, 0.717) is 0 Å². The molecule has 2 aromatic heterocycles. The summed E-state index contributed by atoms with van der Waals surface area (Å²) in [6.45, 7) is 0. The molecule has 0 bridgehead atoms. The minimum atomic E-state index is 0.841. The van der Waals surface area contributed by atoms with Gasteiger partial charge in [-0.05, 0) is 114 Å². The molecule has 0 aliphatic carbocycles. The molecule has 0 saturated heterocycles. The van der Waals surface area contributed by atoms with Crippen molar-refractivity contribution < 1.29 is 4.42 Å². The average molecular weight is 712 g/mol. The van der Waals surface area contributed by atoms with Crippen molar-refractivity contribution in [2.24, 2.45) is 0 Å². The molecule has 0 aliphatic rings. The summed E-state index contributed by atoms with van der Waals surface area (Å²) in [5.74, 6) is 0. The molecule has 54 heavy (non-hydrogen) atoms. The third kappa shape index (κ3) is 5.87. The van der Waals surface area contributed by atoms with Crippen LogP contribution in [0.3, 0.4) is 0 Å². The smallest absolute Gasteiger partial charge is 0.137 e. The van der Waals surface area contributed by atoms with Crippen LogP contribution in [0.2, 0.25) is 0 Å². The zero-order valence-electron chi connectivity index (χ0n) is 29.2. The SMILES string of the molecule is c1ccc(-c2ccc(N(c3ccccc3)c3ccc4c(c3)oc3ccc(N(c5ccccc5)c5ccc(-c6nc7ccccc7s6)cc5)cc34)cc2)cc1. The molecule has 5 heteroatoms. The topological polar surface area (TPSA) is 32.5 Å². The van der Waals surface area contributed by atoms with Crippen LogP contribution in [0.25, 0.3) is 53.9 Å². The van der Waals surface area contributed by atoms with Crippen LogP contribution in [0, 0.1) is 0 Å². The fourth-order valence-corrected chi connectivity index (χ4v) is 8.23. The molecule has 0 N–H and O–H groups in total. The van der Waals surface area contributed by atoms with Crippen LogP contribution in [0.15, 0.2) is 205 Å². The fourth-order valence-electron chi connectivity index (χ4n) is 7.26. The minimum Gasteiger partial charge on any atom is -0.456 e. The number of nitrogens with zero attached hydrogens (tertiary/aromatic N) is 3. The van der Waals surface area contributed by atoms with E-state index in [0.717, 1.165) is 72.2 Å². The summed E-state index contributed by atoms with van der Waals surface area (Å²) in [5, 5.41) is 3.16. The van der Waals surface area contributed by atoms with Crippen molar-refractivity contribution in [1.82, 2.24) is 4.98 Å². The quantitative estimate of drug-likeness (QED) is 0.157. The first-order chi connectivity index (χ1) is 26.7. The van der Waals surface area contributed by atoms with Crippen LogP contribution in [0.4, 0.5) is 34.1 Å². The highest BCUT2D eigenvalue weighted by molar-refractivity contribution is 7.21. The molecule has 10 rings (SSSR count). The van der Waals surface area contributed by atoms with Crippen LogP contribution in [-0.4, -0.2) is 4.98 Å². The molecule has 0 unspecified atom stereocenters. The molecule has 0 amide bonds. The van der Waals surface area contributed by atoms with Gasteiger partial charge in [-0.2, -0.15) is 0 Å². The molecular weight excluding hydrogens is 679 g/mol. The number of para-hydroxylation sites is 3. The predicted molar refractivity (Wildman–Crippen MR) is 227 cm³/mol. The largest absolute Gasteiger partial charge is 0.456 e. The molecule has 4 nitrogen and oxygen atoms in total. The van der Waals surface area contributed by atoms with E-state index >= 15 is 0 Å². The van der Waals surface area contributed by atoms with Gasteiger partial charge in [-0.25, -0.2) is 4.98 Å². The second-order valence-corrected chi connectivity index (χ2v) is 14.3. The van der Waals surface area contributed by atoms with E-state index in [-0.39, 0.29) is 0 Å². The summed E-state index contributed by atoms with van der Waals surface area (Å²) in [7, 11) is 0. The summed E-state index contributed by atoms with van der Waals surface area (Å²) in [4.78, 5) is 9.46. The monoisotopic (exact) mass is 711 g/mol. The maximum Gasteiger partial charge on any atom is 0.137 e. The second-order valence-electron chi connectivity index (χ2n) is 13.3. The Kier molecular flexibility index (Phi) is 7.97. The van der Waals surface area contributed by atoms with Gasteiger partial charge >= 0.3 is 0 Å². The lowest BCUT2D eigenvalue weighted by atomic mass is 10.0. The van der Waals surface area contributed by atoms with Gasteiger partial charge < -0.3 is 14.2 Å². The molecule has 0 saturated carbocycles. The predicted octanol–water partition coefficient (Wildman–Crippen LogP) is 14.5. The van der Waals surface area contributed by atoms with Crippen molar-refractivity contribution in [3.63, 3.8) is 0 Å². The number of benzene rings is 8. The molecule has 0 spiro atoms. The zero-order valence-corrected chi connectivity index (χ0v) is 30.0. The van der Waals surface area contributed by atoms with Gasteiger partial charge in [0.25, 0.3) is 0 Å². The van der Waals surface area contributed by atoms with Crippen LogP contribution < -0.4 is 9.80 Å². The van der Waals surface area contributed by atoms with E-state index < -0.39 is 0 Å². The first-order valence-electron chi connectivity index (χ1n) is 18.0. The number of furan rings is 1. The summed E-state index contributed by atoms with van der Waals surface area (Å²) in [6.07, 6.45) is 0. The number of fused-ring (bicyclic) bond motifs is 4. The molecule has 8 aromatic carbocycles. The highest BCUT2D eigenvalue weighted by atomic mass is 32.1. The average Bonchev–Trinajstić information content (AvgIpc) is 3.84. The standard InChI is InChI=1S/C49H33N3OS/c1-4-12-34(13-5-1)35-20-24-39(25-21-35)52(38-16-8-3-9-17-38)42-28-30-43-44-32-41(29-31-46(44)53-47(43)33-42)51(37-14-6-2-7-15-37)40-26-22-36(23-27-40)49-50-45-18-10-11-19-48(45)54-49/h1-33H. The third-order valence-electron chi connectivity index (χ3n) is 9.88. The van der Waals surface area contributed by atoms with Crippen molar-refractivity contribution in [3.8, 4) is 21.7 Å². The molecule has 2 heterocycles. The molecular formula is C49H33N3OS. The van der Waals surface area contributed by atoms with Gasteiger partial charge in [-0.3, -0.25) is 0 Å². The van der Waals surface area contributed by atoms with Crippen LogP contribution in [0.1, 0.15) is 0 Å². The fraction of sp³-hybridized carbons (Fsp3) is 0. The highest BCUT2D eigenvalue weighted by Crippen LogP contribution is 2.42. The summed E-state index contributed by atoms with van der Waals surface area (Å²) in [5.41, 5.74) is 12.6. The van der Waals surface area contributed by atoms with Gasteiger partial charge in [0.2, 0.25) is 0 Å². The first kappa shape index (κ1) is 31.8. The Bertz CT molecular complexity index is 2830. The number of hydrogen-bond donors (Lipinski definition) is 0. The molecule has 10 aromatic rings. The zero-order chi connectivity index (χ0) is 35.8. The van der Waals surface area contributed by atoms with Crippen molar-refractivity contribution in [2.45, 2.75) is 0 Å². The second kappa shape index (κ2) is 13.6. The Morgan fingerprint density at radius 3 is 1.52 bits per heavy atom. The van der Waals surface area contributed by atoms with Crippen molar-refractivity contribution in [1.29, 1.82) is 0 Å². The molecule has 0 aliphatic heterocycles. The number of anilines is 6. The first-order valence-corrected chi connectivity index (χ1v) is 18.9. The molecule has 256 valence electrons. The van der Waals surface area contributed by atoms with E-state index in [4.69, 9.17) is 9.40 Å². The van der Waals surface area contributed by atoms with E-state index in [9.17, 15) is 0 Å². The normalized spacial score (nSPS) is 11.3. The third-order valence-corrected chi connectivity index (χ3v) is 11.0. The minimum absolute atomic E-state index is 0.841. The van der Waals surface area contributed by atoms with E-state index in [2.05, 4.69) is 198 Å². The van der Waals surface area contributed by atoms with Crippen LogP contribution >= 0.6 is 11.3 Å². The van der Waals surface area contributed by atoms with Crippen molar-refractivity contribution in [3.05, 3.63) is 200 Å². The van der Waals surface area contributed by atoms with Gasteiger partial charge in [-0.1, -0.05) is 91.0 Å². The van der Waals surface area contributed by atoms with Gasteiger partial charge in [0.15, 0.2) is 0 Å². The van der Waals surface area contributed by atoms with Crippen LogP contribution in [0.5, 0.6) is 0 Å². The number of rotatable bonds is 8. The van der Waals surface area contributed by atoms with E-state index in [1.165, 1.54) is 15.8 Å². The number of hydrogen-bond acceptors (Lipinski definition) is 5. The molecule has 0 fully saturated rings. The Balaban J connectivity index is 1.03. The lowest BCUT2D eigenvalue weighted by Gasteiger charge is -2.26. The van der Waals surface area contributed by atoms with Gasteiger partial charge in [-0.15, -0.1) is 11.3 Å². The maximum absolute atomic E-state index is 6.58. The number of thiazole rings is 1. The van der Waals surface area contributed by atoms with Gasteiger partial charge in [0, 0.05) is 56.5 Å². The Labute approximate surface area is 317 Å². The van der Waals surface area contributed by atoms with Crippen molar-refractivity contribution in [2.75, 3.05) is 9.80 Å². The summed E-state index contributed by atoms with van der Waals surface area (Å²) >= 11 is 1.72. The van der Waals surface area contributed by atoms with Crippen molar-refractivity contribution >= 4 is 77.6 Å². The Morgan fingerprint density at radius 1 is 0.370 bits per heavy atom. The summed E-state index contributed by atoms with van der Waals surface area (Å²) in [6, 6.07) is 70.3.